The summed E-state index contributed by atoms with van der Waals surface area (Å²) < 4.78 is 16.4. The average molecular weight is 267 g/mol. The molecule has 0 heterocycles. The van der Waals surface area contributed by atoms with Crippen molar-refractivity contribution >= 4 is 0 Å². The van der Waals surface area contributed by atoms with Crippen molar-refractivity contribution in [3.8, 4) is 11.5 Å². The topological polar surface area (TPSA) is 53.7 Å². The molecule has 19 heavy (non-hydrogen) atoms. The zero-order valence-electron chi connectivity index (χ0n) is 12.3. The van der Waals surface area contributed by atoms with Gasteiger partial charge >= 0.3 is 0 Å². The molecule has 0 amide bonds. The van der Waals surface area contributed by atoms with E-state index in [1.54, 1.807) is 7.11 Å². The minimum Gasteiger partial charge on any atom is -0.493 e. The van der Waals surface area contributed by atoms with Crippen molar-refractivity contribution in [2.45, 2.75) is 39.3 Å². The van der Waals surface area contributed by atoms with E-state index in [0.29, 0.717) is 13.2 Å². The van der Waals surface area contributed by atoms with Gasteiger partial charge in [0.2, 0.25) is 0 Å². The molecule has 108 valence electrons. The van der Waals surface area contributed by atoms with E-state index in [4.69, 9.17) is 19.9 Å². The molecule has 0 bridgehead atoms. The molecule has 0 saturated carbocycles. The Balaban J connectivity index is 2.62. The molecule has 0 aliphatic heterocycles. The summed E-state index contributed by atoms with van der Waals surface area (Å²) in [5.74, 6) is 1.48. The van der Waals surface area contributed by atoms with E-state index in [9.17, 15) is 0 Å². The molecule has 0 saturated heterocycles. The highest BCUT2D eigenvalue weighted by atomic mass is 16.5. The van der Waals surface area contributed by atoms with Gasteiger partial charge in [0.15, 0.2) is 11.5 Å². The molecular weight excluding hydrogens is 242 g/mol. The SMILES string of the molecule is COc1ccc(CC(C)N)cc1OCCOC(C)C. The van der Waals surface area contributed by atoms with Gasteiger partial charge in [0, 0.05) is 6.04 Å². The van der Waals surface area contributed by atoms with Crippen LogP contribution in [0, 0.1) is 0 Å². The molecule has 4 heteroatoms. The van der Waals surface area contributed by atoms with Crippen molar-refractivity contribution in [3.05, 3.63) is 23.8 Å². The highest BCUT2D eigenvalue weighted by molar-refractivity contribution is 5.43. The Morgan fingerprint density at radius 1 is 1.11 bits per heavy atom. The molecule has 0 aromatic heterocycles. The van der Waals surface area contributed by atoms with Crippen LogP contribution in [0.15, 0.2) is 18.2 Å². The quantitative estimate of drug-likeness (QED) is 0.735. The number of hydrogen-bond donors (Lipinski definition) is 1. The summed E-state index contributed by atoms with van der Waals surface area (Å²) in [6.45, 7) is 7.07. The van der Waals surface area contributed by atoms with Crippen LogP contribution in [0.1, 0.15) is 26.3 Å². The lowest BCUT2D eigenvalue weighted by atomic mass is 10.1. The Kier molecular flexibility index (Phi) is 6.67. The lowest BCUT2D eigenvalue weighted by molar-refractivity contribution is 0.0546. The Bertz CT molecular complexity index is 378. The molecule has 2 N–H and O–H groups in total. The first-order valence-electron chi connectivity index (χ1n) is 6.69. The van der Waals surface area contributed by atoms with Gasteiger partial charge in [0.25, 0.3) is 0 Å². The van der Waals surface area contributed by atoms with Crippen LogP contribution in [-0.2, 0) is 11.2 Å². The van der Waals surface area contributed by atoms with Gasteiger partial charge in [-0.1, -0.05) is 6.07 Å². The molecule has 1 unspecified atom stereocenters. The summed E-state index contributed by atoms with van der Waals surface area (Å²) in [6.07, 6.45) is 1.04. The Labute approximate surface area is 115 Å². The number of ether oxygens (including phenoxy) is 3. The van der Waals surface area contributed by atoms with Gasteiger partial charge in [0.1, 0.15) is 6.61 Å². The van der Waals surface area contributed by atoms with Crippen LogP contribution >= 0.6 is 0 Å². The van der Waals surface area contributed by atoms with Gasteiger partial charge in [-0.25, -0.2) is 0 Å². The van der Waals surface area contributed by atoms with Crippen LogP contribution in [0.5, 0.6) is 11.5 Å². The van der Waals surface area contributed by atoms with Gasteiger partial charge in [-0.15, -0.1) is 0 Å². The smallest absolute Gasteiger partial charge is 0.161 e. The van der Waals surface area contributed by atoms with Crippen LogP contribution in [0.3, 0.4) is 0 Å². The maximum absolute atomic E-state index is 5.81. The Morgan fingerprint density at radius 3 is 2.42 bits per heavy atom. The Morgan fingerprint density at radius 2 is 1.84 bits per heavy atom. The van der Waals surface area contributed by atoms with Gasteiger partial charge in [0.05, 0.1) is 19.8 Å². The highest BCUT2D eigenvalue weighted by Crippen LogP contribution is 2.28. The average Bonchev–Trinajstić information content (AvgIpc) is 2.34. The summed E-state index contributed by atoms with van der Waals surface area (Å²) in [7, 11) is 1.64. The summed E-state index contributed by atoms with van der Waals surface area (Å²) in [5.41, 5.74) is 6.96. The highest BCUT2D eigenvalue weighted by Gasteiger charge is 2.07. The fraction of sp³-hybridized carbons (Fsp3) is 0.600. The fourth-order valence-corrected chi connectivity index (χ4v) is 1.77. The number of benzene rings is 1. The predicted octanol–water partition coefficient (Wildman–Crippen LogP) is 2.39. The number of rotatable bonds is 8. The molecule has 0 radical (unpaired) electrons. The standard InChI is InChI=1S/C15H25NO3/c1-11(2)18-7-8-19-15-10-13(9-12(3)16)5-6-14(15)17-4/h5-6,10-12H,7-9,16H2,1-4H3. The summed E-state index contributed by atoms with van der Waals surface area (Å²) >= 11 is 0. The van der Waals surface area contributed by atoms with Gasteiger partial charge in [-0.05, 0) is 44.9 Å². The number of methoxy groups -OCH3 is 1. The van der Waals surface area contributed by atoms with Crippen LogP contribution < -0.4 is 15.2 Å². The zero-order valence-corrected chi connectivity index (χ0v) is 12.3. The summed E-state index contributed by atoms with van der Waals surface area (Å²) in [5, 5.41) is 0. The second-order valence-electron chi connectivity index (χ2n) is 4.93. The van der Waals surface area contributed by atoms with E-state index >= 15 is 0 Å². The van der Waals surface area contributed by atoms with Crippen LogP contribution in [-0.4, -0.2) is 32.5 Å². The maximum atomic E-state index is 5.81. The molecular formula is C15H25NO3. The number of nitrogens with two attached hydrogens (primary N) is 1. The molecule has 4 nitrogen and oxygen atoms in total. The summed E-state index contributed by atoms with van der Waals surface area (Å²) in [4.78, 5) is 0. The predicted molar refractivity (Wildman–Crippen MR) is 76.9 cm³/mol. The lowest BCUT2D eigenvalue weighted by Gasteiger charge is -2.14. The largest absolute Gasteiger partial charge is 0.493 e. The molecule has 1 atom stereocenters. The molecule has 0 spiro atoms. The monoisotopic (exact) mass is 267 g/mol. The van der Waals surface area contributed by atoms with Crippen molar-refractivity contribution in [3.63, 3.8) is 0 Å². The second kappa shape index (κ2) is 8.02. The minimum absolute atomic E-state index is 0.130. The van der Waals surface area contributed by atoms with E-state index in [0.717, 1.165) is 23.5 Å². The first-order valence-corrected chi connectivity index (χ1v) is 6.69. The molecule has 1 aromatic carbocycles. The fourth-order valence-electron chi connectivity index (χ4n) is 1.77. The van der Waals surface area contributed by atoms with E-state index in [2.05, 4.69) is 0 Å². The molecule has 1 rings (SSSR count). The zero-order chi connectivity index (χ0) is 14.3. The summed E-state index contributed by atoms with van der Waals surface area (Å²) in [6, 6.07) is 6.04. The van der Waals surface area contributed by atoms with Crippen molar-refractivity contribution in [1.29, 1.82) is 0 Å². The lowest BCUT2D eigenvalue weighted by Crippen LogP contribution is -2.17. The van der Waals surface area contributed by atoms with Crippen molar-refractivity contribution in [1.82, 2.24) is 0 Å². The molecule has 0 aliphatic carbocycles. The molecule has 0 aliphatic rings. The molecule has 1 aromatic rings. The second-order valence-corrected chi connectivity index (χ2v) is 4.93. The van der Waals surface area contributed by atoms with E-state index in [1.165, 1.54) is 0 Å². The maximum Gasteiger partial charge on any atom is 0.161 e. The van der Waals surface area contributed by atoms with Crippen LogP contribution in [0.25, 0.3) is 0 Å². The van der Waals surface area contributed by atoms with Gasteiger partial charge < -0.3 is 19.9 Å². The van der Waals surface area contributed by atoms with Gasteiger partial charge in [-0.3, -0.25) is 0 Å². The minimum atomic E-state index is 0.130. The first-order chi connectivity index (χ1) is 9.02. The third kappa shape index (κ3) is 5.94. The number of hydrogen-bond acceptors (Lipinski definition) is 4. The third-order valence-corrected chi connectivity index (χ3v) is 2.58. The molecule has 0 fully saturated rings. The van der Waals surface area contributed by atoms with Gasteiger partial charge in [-0.2, -0.15) is 0 Å². The Hall–Kier alpha value is -1.26. The van der Waals surface area contributed by atoms with Crippen LogP contribution in [0.2, 0.25) is 0 Å². The van der Waals surface area contributed by atoms with Crippen molar-refractivity contribution in [2.24, 2.45) is 5.73 Å². The first kappa shape index (κ1) is 15.8. The van der Waals surface area contributed by atoms with E-state index in [1.807, 2.05) is 39.0 Å². The van der Waals surface area contributed by atoms with Crippen LogP contribution in [0.4, 0.5) is 0 Å². The third-order valence-electron chi connectivity index (χ3n) is 2.58. The van der Waals surface area contributed by atoms with Crippen molar-refractivity contribution in [2.75, 3.05) is 20.3 Å². The van der Waals surface area contributed by atoms with E-state index < -0.39 is 0 Å². The normalized spacial score (nSPS) is 12.5. The van der Waals surface area contributed by atoms with Crippen molar-refractivity contribution < 1.29 is 14.2 Å². The van der Waals surface area contributed by atoms with E-state index in [-0.39, 0.29) is 12.1 Å².